The van der Waals surface area contributed by atoms with Gasteiger partial charge in [0, 0.05) is 6.54 Å². The Labute approximate surface area is 180 Å². The van der Waals surface area contributed by atoms with Gasteiger partial charge >= 0.3 is 12.7 Å². The van der Waals surface area contributed by atoms with Crippen molar-refractivity contribution in [3.05, 3.63) is 65.7 Å². The Balaban J connectivity index is 1.82. The molecule has 168 valence electrons. The van der Waals surface area contributed by atoms with Crippen LogP contribution < -0.4 is 15.4 Å². The predicted octanol–water partition coefficient (Wildman–Crippen LogP) is 4.29. The van der Waals surface area contributed by atoms with Crippen molar-refractivity contribution in [2.75, 3.05) is 6.54 Å². The molecule has 6 nitrogen and oxygen atoms in total. The maximum atomic E-state index is 12.6. The van der Waals surface area contributed by atoms with E-state index in [0.717, 1.165) is 11.1 Å². The van der Waals surface area contributed by atoms with Gasteiger partial charge in [-0.15, -0.1) is 0 Å². The third kappa shape index (κ3) is 8.62. The second-order valence-electron chi connectivity index (χ2n) is 7.13. The van der Waals surface area contributed by atoms with Crippen LogP contribution in [0.25, 0.3) is 0 Å². The average molecular weight is 434 g/mol. The lowest BCUT2D eigenvalue weighted by Crippen LogP contribution is -2.50. The SMILES string of the molecule is CC[C@H](C)[C@H](NC(=O)OCc1ccccc1)C(=O)NCCc1ccc(OC(F)F)cc1. The zero-order chi connectivity index (χ0) is 22.6. The van der Waals surface area contributed by atoms with Crippen molar-refractivity contribution < 1.29 is 27.8 Å². The van der Waals surface area contributed by atoms with Crippen LogP contribution in [-0.4, -0.2) is 31.2 Å². The summed E-state index contributed by atoms with van der Waals surface area (Å²) in [6.07, 6.45) is 0.550. The van der Waals surface area contributed by atoms with Gasteiger partial charge in [0.25, 0.3) is 0 Å². The van der Waals surface area contributed by atoms with Crippen LogP contribution in [0.1, 0.15) is 31.4 Å². The molecule has 0 bridgehead atoms. The first-order chi connectivity index (χ1) is 14.9. The molecule has 0 saturated heterocycles. The molecule has 0 unspecified atom stereocenters. The minimum Gasteiger partial charge on any atom is -0.445 e. The van der Waals surface area contributed by atoms with Gasteiger partial charge in [0.05, 0.1) is 0 Å². The fraction of sp³-hybridized carbons (Fsp3) is 0.391. The molecule has 2 rings (SSSR count). The van der Waals surface area contributed by atoms with E-state index in [4.69, 9.17) is 4.74 Å². The highest BCUT2D eigenvalue weighted by molar-refractivity contribution is 5.85. The van der Waals surface area contributed by atoms with E-state index in [0.29, 0.717) is 19.4 Å². The van der Waals surface area contributed by atoms with Crippen LogP contribution in [0.5, 0.6) is 5.75 Å². The molecule has 0 aliphatic carbocycles. The van der Waals surface area contributed by atoms with E-state index in [2.05, 4.69) is 15.4 Å². The second-order valence-corrected chi connectivity index (χ2v) is 7.13. The molecule has 8 heteroatoms. The lowest BCUT2D eigenvalue weighted by Gasteiger charge is -2.23. The molecule has 0 aliphatic rings. The largest absolute Gasteiger partial charge is 0.445 e. The Morgan fingerprint density at radius 1 is 1.00 bits per heavy atom. The van der Waals surface area contributed by atoms with Crippen LogP contribution >= 0.6 is 0 Å². The van der Waals surface area contributed by atoms with Crippen molar-refractivity contribution in [2.45, 2.75) is 45.9 Å². The van der Waals surface area contributed by atoms with E-state index >= 15 is 0 Å². The van der Waals surface area contributed by atoms with Crippen molar-refractivity contribution in [3.63, 3.8) is 0 Å². The first-order valence-electron chi connectivity index (χ1n) is 10.2. The van der Waals surface area contributed by atoms with Crippen molar-refractivity contribution in [1.82, 2.24) is 10.6 Å². The maximum absolute atomic E-state index is 12.6. The number of ether oxygens (including phenoxy) is 2. The van der Waals surface area contributed by atoms with Gasteiger partial charge in [-0.2, -0.15) is 8.78 Å². The van der Waals surface area contributed by atoms with E-state index in [1.165, 1.54) is 12.1 Å². The summed E-state index contributed by atoms with van der Waals surface area (Å²) < 4.78 is 33.9. The molecule has 2 aromatic rings. The first kappa shape index (κ1) is 24.1. The topological polar surface area (TPSA) is 76.7 Å². The van der Waals surface area contributed by atoms with E-state index < -0.39 is 18.7 Å². The fourth-order valence-corrected chi connectivity index (χ4v) is 2.87. The van der Waals surface area contributed by atoms with E-state index in [9.17, 15) is 18.4 Å². The second kappa shape index (κ2) is 12.5. The Morgan fingerprint density at radius 3 is 2.29 bits per heavy atom. The molecule has 0 spiro atoms. The Hall–Kier alpha value is -3.16. The van der Waals surface area contributed by atoms with Gasteiger partial charge in [0.15, 0.2) is 0 Å². The quantitative estimate of drug-likeness (QED) is 0.553. The number of halogens is 2. The number of rotatable bonds is 11. The molecule has 0 fully saturated rings. The average Bonchev–Trinajstić information content (AvgIpc) is 2.77. The number of nitrogens with one attached hydrogen (secondary N) is 2. The van der Waals surface area contributed by atoms with Gasteiger partial charge in [-0.1, -0.05) is 62.7 Å². The maximum Gasteiger partial charge on any atom is 0.408 e. The lowest BCUT2D eigenvalue weighted by atomic mass is 9.98. The molecule has 0 saturated carbocycles. The number of carbonyl (C=O) groups excluding carboxylic acids is 2. The number of benzene rings is 2. The van der Waals surface area contributed by atoms with E-state index in [1.54, 1.807) is 12.1 Å². The first-order valence-corrected chi connectivity index (χ1v) is 10.2. The summed E-state index contributed by atoms with van der Waals surface area (Å²) in [7, 11) is 0. The van der Waals surface area contributed by atoms with Crippen LogP contribution in [0.2, 0.25) is 0 Å². The zero-order valence-electron chi connectivity index (χ0n) is 17.6. The normalized spacial score (nSPS) is 12.7. The van der Waals surface area contributed by atoms with Gasteiger partial charge < -0.3 is 20.1 Å². The molecule has 0 heterocycles. The highest BCUT2D eigenvalue weighted by atomic mass is 19.3. The van der Waals surface area contributed by atoms with Crippen LogP contribution in [0.15, 0.2) is 54.6 Å². The summed E-state index contributed by atoms with van der Waals surface area (Å²) >= 11 is 0. The van der Waals surface area contributed by atoms with Crippen molar-refractivity contribution in [3.8, 4) is 5.75 Å². The van der Waals surface area contributed by atoms with Crippen molar-refractivity contribution in [2.24, 2.45) is 5.92 Å². The Bertz CT molecular complexity index is 816. The molecule has 2 atom stereocenters. The summed E-state index contributed by atoms with van der Waals surface area (Å²) in [5.74, 6) is -0.309. The minimum absolute atomic E-state index is 0.0813. The summed E-state index contributed by atoms with van der Waals surface area (Å²) in [6.45, 7) is 1.40. The molecule has 2 N–H and O–H groups in total. The smallest absolute Gasteiger partial charge is 0.408 e. The minimum atomic E-state index is -2.87. The number of carbonyl (C=O) groups is 2. The summed E-state index contributed by atoms with van der Waals surface area (Å²) in [5.41, 5.74) is 1.71. The molecule has 2 aromatic carbocycles. The van der Waals surface area contributed by atoms with E-state index in [-0.39, 0.29) is 24.2 Å². The molecule has 0 radical (unpaired) electrons. The van der Waals surface area contributed by atoms with Gasteiger partial charge in [-0.05, 0) is 35.6 Å². The molecule has 0 aliphatic heterocycles. The fourth-order valence-electron chi connectivity index (χ4n) is 2.87. The van der Waals surface area contributed by atoms with E-state index in [1.807, 2.05) is 44.2 Å². The number of hydrogen-bond acceptors (Lipinski definition) is 4. The number of amides is 2. The van der Waals surface area contributed by atoms with Gasteiger partial charge in [-0.25, -0.2) is 4.79 Å². The number of alkyl carbamates (subject to hydrolysis) is 1. The highest BCUT2D eigenvalue weighted by Gasteiger charge is 2.26. The Kier molecular flexibility index (Phi) is 9.74. The monoisotopic (exact) mass is 434 g/mol. The molecule has 0 aromatic heterocycles. The zero-order valence-corrected chi connectivity index (χ0v) is 17.6. The standard InChI is InChI=1S/C23H28F2N2O4/c1-3-16(2)20(27-23(29)30-15-18-7-5-4-6-8-18)21(28)26-14-13-17-9-11-19(12-10-17)31-22(24)25/h4-12,16,20,22H,3,13-15H2,1-2H3,(H,26,28)(H,27,29)/t16-,20-/m0/s1. The summed E-state index contributed by atoms with van der Waals surface area (Å²) in [6, 6.07) is 14.8. The predicted molar refractivity (Wildman–Crippen MR) is 113 cm³/mol. The lowest BCUT2D eigenvalue weighted by molar-refractivity contribution is -0.124. The van der Waals surface area contributed by atoms with Gasteiger partial charge in [0.1, 0.15) is 18.4 Å². The van der Waals surface area contributed by atoms with Crippen molar-refractivity contribution >= 4 is 12.0 Å². The summed E-state index contributed by atoms with van der Waals surface area (Å²) in [5, 5.41) is 5.46. The third-order valence-corrected chi connectivity index (χ3v) is 4.84. The molecule has 2 amide bonds. The van der Waals surface area contributed by atoms with Crippen molar-refractivity contribution in [1.29, 1.82) is 0 Å². The van der Waals surface area contributed by atoms with Gasteiger partial charge in [-0.3, -0.25) is 4.79 Å². The molecular weight excluding hydrogens is 406 g/mol. The molecular formula is C23H28F2N2O4. The van der Waals surface area contributed by atoms with Crippen LogP contribution in [0.4, 0.5) is 13.6 Å². The van der Waals surface area contributed by atoms with Crippen LogP contribution in [0, 0.1) is 5.92 Å². The highest BCUT2D eigenvalue weighted by Crippen LogP contribution is 2.15. The number of alkyl halides is 2. The Morgan fingerprint density at radius 2 is 1.68 bits per heavy atom. The van der Waals surface area contributed by atoms with Crippen LogP contribution in [0.3, 0.4) is 0 Å². The number of hydrogen-bond donors (Lipinski definition) is 2. The molecule has 31 heavy (non-hydrogen) atoms. The van der Waals surface area contributed by atoms with Crippen LogP contribution in [-0.2, 0) is 22.6 Å². The third-order valence-electron chi connectivity index (χ3n) is 4.84. The summed E-state index contributed by atoms with van der Waals surface area (Å²) in [4.78, 5) is 24.8. The van der Waals surface area contributed by atoms with Gasteiger partial charge in [0.2, 0.25) is 5.91 Å².